The normalized spacial score (nSPS) is 14.1. The van der Waals surface area contributed by atoms with Crippen LogP contribution in [0.15, 0.2) is 91.5 Å². The van der Waals surface area contributed by atoms with Gasteiger partial charge in [-0.15, -0.1) is 0 Å². The van der Waals surface area contributed by atoms with Crippen molar-refractivity contribution in [1.82, 2.24) is 14.8 Å². The Labute approximate surface area is 228 Å². The number of benzene rings is 3. The lowest BCUT2D eigenvalue weighted by atomic mass is 9.97. The molecule has 1 atom stereocenters. The Bertz CT molecular complexity index is 1550. The first kappa shape index (κ1) is 29.6. The molecule has 0 fully saturated rings. The van der Waals surface area contributed by atoms with Crippen LogP contribution in [-0.2, 0) is 48.4 Å². The van der Waals surface area contributed by atoms with Crippen LogP contribution < -0.4 is 0 Å². The van der Waals surface area contributed by atoms with Crippen molar-refractivity contribution in [2.75, 3.05) is 6.26 Å². The summed E-state index contributed by atoms with van der Waals surface area (Å²) >= 11 is 0. The Morgan fingerprint density at radius 2 is 1.45 bits per heavy atom. The molecule has 0 aliphatic carbocycles. The Hall–Kier alpha value is -3.38. The third kappa shape index (κ3) is 5.73. The molecule has 14 heteroatoms. The van der Waals surface area contributed by atoms with E-state index in [4.69, 9.17) is 9.05 Å². The molecule has 40 heavy (non-hydrogen) atoms. The molecule has 1 heterocycles. The monoisotopic (exact) mass is 597 g/mol. The predicted octanol–water partition coefficient (Wildman–Crippen LogP) is 5.72. The van der Waals surface area contributed by atoms with Crippen LogP contribution in [0.4, 0.5) is 17.6 Å². The number of rotatable bonds is 12. The average molecular weight is 598 g/mol. The SMILES string of the molecule is CS(=O)(=O)C(F)(F)C(Cn1cncn1)(c1ccc(F)cc1F)P(=O)(OCc1ccccc1)OCc1ccccc1. The average Bonchev–Trinajstić information content (AvgIpc) is 3.43. The van der Waals surface area contributed by atoms with Crippen LogP contribution in [0.2, 0.25) is 0 Å². The Morgan fingerprint density at radius 3 is 1.90 bits per heavy atom. The highest BCUT2D eigenvalue weighted by Gasteiger charge is 2.73. The van der Waals surface area contributed by atoms with E-state index in [-0.39, 0.29) is 12.3 Å². The molecule has 0 amide bonds. The molecule has 0 saturated carbocycles. The van der Waals surface area contributed by atoms with E-state index < -0.39 is 64.8 Å². The molecule has 0 saturated heterocycles. The standard InChI is InChI=1S/C26H24F4N3O5PS/c1-40(35,36)26(29,30)25(17-33-19-31-18-32-33,23-13-12-22(27)14-24(23)28)39(34,37-15-20-8-4-2-5-9-20)38-16-21-10-6-3-7-11-21/h2-14,18-19H,15-17H2,1H3. The van der Waals surface area contributed by atoms with Gasteiger partial charge in [0.2, 0.25) is 9.84 Å². The number of hydrogen-bond donors (Lipinski definition) is 0. The summed E-state index contributed by atoms with van der Waals surface area (Å²) in [5.41, 5.74) is -0.352. The van der Waals surface area contributed by atoms with Gasteiger partial charge < -0.3 is 9.05 Å². The molecular formula is C26H24F4N3O5PS. The minimum Gasteiger partial charge on any atom is -0.303 e. The summed E-state index contributed by atoms with van der Waals surface area (Å²) < 4.78 is 115. The number of nitrogens with zero attached hydrogens (tertiary/aromatic N) is 3. The van der Waals surface area contributed by atoms with Gasteiger partial charge in [-0.2, -0.15) is 13.9 Å². The smallest absolute Gasteiger partial charge is 0.303 e. The molecule has 8 nitrogen and oxygen atoms in total. The highest BCUT2D eigenvalue weighted by molar-refractivity contribution is 7.92. The lowest BCUT2D eigenvalue weighted by molar-refractivity contribution is 0.00720. The van der Waals surface area contributed by atoms with E-state index >= 15 is 13.2 Å². The second-order valence-corrected chi connectivity index (χ2v) is 13.2. The van der Waals surface area contributed by atoms with Gasteiger partial charge in [-0.1, -0.05) is 66.7 Å². The first-order chi connectivity index (χ1) is 18.9. The summed E-state index contributed by atoms with van der Waals surface area (Å²) in [4.78, 5) is 3.68. The topological polar surface area (TPSA) is 100 Å². The van der Waals surface area contributed by atoms with Gasteiger partial charge in [-0.3, -0.25) is 9.25 Å². The number of halogens is 4. The first-order valence-corrected chi connectivity index (χ1v) is 15.2. The maximum atomic E-state index is 16.5. The molecular weight excluding hydrogens is 573 g/mol. The summed E-state index contributed by atoms with van der Waals surface area (Å²) in [5.74, 6) is -2.72. The van der Waals surface area contributed by atoms with E-state index in [9.17, 15) is 17.4 Å². The molecule has 0 aliphatic heterocycles. The van der Waals surface area contributed by atoms with E-state index in [1.165, 1.54) is 0 Å². The second kappa shape index (κ2) is 11.6. The van der Waals surface area contributed by atoms with Crippen LogP contribution in [-0.4, -0.2) is 34.7 Å². The zero-order valence-electron chi connectivity index (χ0n) is 21.0. The van der Waals surface area contributed by atoms with Crippen molar-refractivity contribution in [2.24, 2.45) is 0 Å². The zero-order valence-corrected chi connectivity index (χ0v) is 22.7. The summed E-state index contributed by atoms with van der Waals surface area (Å²) in [6.45, 7) is -2.38. The summed E-state index contributed by atoms with van der Waals surface area (Å²) in [6, 6.07) is 17.5. The largest absolute Gasteiger partial charge is 0.367 e. The molecule has 4 aromatic rings. The molecule has 0 spiro atoms. The van der Waals surface area contributed by atoms with Crippen molar-refractivity contribution in [3.05, 3.63) is 120 Å². The molecule has 1 unspecified atom stereocenters. The van der Waals surface area contributed by atoms with Crippen molar-refractivity contribution in [3.63, 3.8) is 0 Å². The molecule has 1 aromatic heterocycles. The Balaban J connectivity index is 2.02. The lowest BCUT2D eigenvalue weighted by Gasteiger charge is -2.43. The van der Waals surface area contributed by atoms with Crippen LogP contribution in [0.25, 0.3) is 0 Å². The molecule has 4 rings (SSSR count). The third-order valence-corrected chi connectivity index (χ3v) is 10.1. The van der Waals surface area contributed by atoms with E-state index in [0.29, 0.717) is 23.3 Å². The predicted molar refractivity (Wildman–Crippen MR) is 138 cm³/mol. The van der Waals surface area contributed by atoms with Gasteiger partial charge in [0, 0.05) is 17.9 Å². The fourth-order valence-electron chi connectivity index (χ4n) is 4.13. The van der Waals surface area contributed by atoms with Gasteiger partial charge in [0.1, 0.15) is 24.3 Å². The summed E-state index contributed by atoms with van der Waals surface area (Å²) in [7, 11) is -11.0. The first-order valence-electron chi connectivity index (χ1n) is 11.7. The molecule has 3 aromatic carbocycles. The summed E-state index contributed by atoms with van der Waals surface area (Å²) in [6.07, 6.45) is 2.13. The van der Waals surface area contributed by atoms with Gasteiger partial charge >= 0.3 is 12.9 Å². The van der Waals surface area contributed by atoms with E-state index in [1.807, 2.05) is 0 Å². The maximum Gasteiger partial charge on any atom is 0.367 e. The number of alkyl halides is 2. The van der Waals surface area contributed by atoms with Gasteiger partial charge in [0.05, 0.1) is 19.8 Å². The van der Waals surface area contributed by atoms with Gasteiger partial charge in [0.25, 0.3) is 0 Å². The van der Waals surface area contributed by atoms with E-state index in [0.717, 1.165) is 17.3 Å². The van der Waals surface area contributed by atoms with E-state index in [1.54, 1.807) is 60.7 Å². The van der Waals surface area contributed by atoms with Crippen molar-refractivity contribution in [3.8, 4) is 0 Å². The van der Waals surface area contributed by atoms with Crippen molar-refractivity contribution < 1.29 is 39.6 Å². The van der Waals surface area contributed by atoms with E-state index in [2.05, 4.69) is 10.1 Å². The quantitative estimate of drug-likeness (QED) is 0.152. The summed E-state index contributed by atoms with van der Waals surface area (Å²) in [5, 5.41) is -4.83. The molecule has 0 aliphatic rings. The van der Waals surface area contributed by atoms with Gasteiger partial charge in [0.15, 0.2) is 5.16 Å². The molecule has 0 bridgehead atoms. The Morgan fingerprint density at radius 1 is 0.900 bits per heavy atom. The number of aromatic nitrogens is 3. The fourth-order valence-corrected chi connectivity index (χ4v) is 8.02. The van der Waals surface area contributed by atoms with Crippen molar-refractivity contribution >= 4 is 17.4 Å². The minimum atomic E-state index is -5.49. The van der Waals surface area contributed by atoms with Crippen LogP contribution in [0.1, 0.15) is 16.7 Å². The minimum absolute atomic E-state index is 0.212. The maximum absolute atomic E-state index is 16.5. The van der Waals surface area contributed by atoms with Gasteiger partial charge in [-0.25, -0.2) is 22.2 Å². The van der Waals surface area contributed by atoms with Crippen molar-refractivity contribution in [2.45, 2.75) is 30.2 Å². The molecule has 0 radical (unpaired) electrons. The second-order valence-electron chi connectivity index (χ2n) is 8.88. The van der Waals surface area contributed by atoms with Crippen molar-refractivity contribution in [1.29, 1.82) is 0 Å². The zero-order chi connectivity index (χ0) is 29.0. The van der Waals surface area contributed by atoms with Crippen LogP contribution in [0.3, 0.4) is 0 Å². The van der Waals surface area contributed by atoms with Crippen LogP contribution >= 0.6 is 7.60 Å². The third-order valence-electron chi connectivity index (χ3n) is 6.14. The highest BCUT2D eigenvalue weighted by atomic mass is 32.2. The lowest BCUT2D eigenvalue weighted by Crippen LogP contribution is -2.53. The molecule has 212 valence electrons. The van der Waals surface area contributed by atoms with Crippen LogP contribution in [0, 0.1) is 11.6 Å². The van der Waals surface area contributed by atoms with Gasteiger partial charge in [-0.05, 0) is 17.2 Å². The fraction of sp³-hybridized carbons (Fsp3) is 0.231. The van der Waals surface area contributed by atoms with Crippen LogP contribution in [0.5, 0.6) is 0 Å². The number of sulfone groups is 1. The Kier molecular flexibility index (Phi) is 8.60. The number of hydrogen-bond acceptors (Lipinski definition) is 7. The highest BCUT2D eigenvalue weighted by Crippen LogP contribution is 2.72. The molecule has 0 N–H and O–H groups in total.